The van der Waals surface area contributed by atoms with E-state index in [1.807, 2.05) is 31.2 Å². The van der Waals surface area contributed by atoms with E-state index in [9.17, 15) is 4.79 Å². The van der Waals surface area contributed by atoms with Gasteiger partial charge in [0.1, 0.15) is 6.07 Å². The fourth-order valence-electron chi connectivity index (χ4n) is 2.17. The van der Waals surface area contributed by atoms with Gasteiger partial charge in [-0.1, -0.05) is 30.7 Å². The van der Waals surface area contributed by atoms with Crippen LogP contribution in [0.4, 0.5) is 11.4 Å². The van der Waals surface area contributed by atoms with E-state index in [0.29, 0.717) is 23.6 Å². The first kappa shape index (κ1) is 16.9. The van der Waals surface area contributed by atoms with Crippen LogP contribution in [-0.2, 0) is 11.3 Å². The molecule has 0 aliphatic carbocycles. The summed E-state index contributed by atoms with van der Waals surface area (Å²) in [5.41, 5.74) is 3.03. The molecule has 2 aromatic carbocycles. The highest BCUT2D eigenvalue weighted by molar-refractivity contribution is 6.30. The van der Waals surface area contributed by atoms with Crippen LogP contribution in [-0.4, -0.2) is 5.91 Å². The van der Waals surface area contributed by atoms with Gasteiger partial charge in [-0.05, 0) is 42.3 Å². The number of hydrogen-bond acceptors (Lipinski definition) is 3. The maximum Gasteiger partial charge on any atom is 0.224 e. The van der Waals surface area contributed by atoms with Crippen molar-refractivity contribution in [2.24, 2.45) is 0 Å². The summed E-state index contributed by atoms with van der Waals surface area (Å²) in [5.74, 6) is 0.0158. The Morgan fingerprint density at radius 1 is 1.26 bits per heavy atom. The summed E-state index contributed by atoms with van der Waals surface area (Å²) in [5, 5.41) is 15.8. The molecule has 5 heteroatoms. The first-order chi connectivity index (χ1) is 11.1. The molecule has 1 amide bonds. The standard InChI is InChI=1S/C18H18ClN3O/c1-2-4-18(23)22-16-6-3-5-13(9-16)12-21-17-8-7-15(19)10-14(17)11-20/h3,5-10,21H,2,4,12H2,1H3,(H,22,23). The second kappa shape index (κ2) is 8.21. The van der Waals surface area contributed by atoms with E-state index in [1.54, 1.807) is 18.2 Å². The molecular weight excluding hydrogens is 310 g/mol. The van der Waals surface area contributed by atoms with Crippen LogP contribution in [0, 0.1) is 11.3 Å². The summed E-state index contributed by atoms with van der Waals surface area (Å²) in [6.45, 7) is 2.52. The van der Waals surface area contributed by atoms with Crippen LogP contribution in [0.1, 0.15) is 30.9 Å². The van der Waals surface area contributed by atoms with Gasteiger partial charge in [-0.3, -0.25) is 4.79 Å². The fraction of sp³-hybridized carbons (Fsp3) is 0.222. The smallest absolute Gasteiger partial charge is 0.224 e. The number of nitriles is 1. The number of halogens is 1. The Hall–Kier alpha value is -2.51. The largest absolute Gasteiger partial charge is 0.380 e. The Bertz CT molecular complexity index is 737. The van der Waals surface area contributed by atoms with E-state index in [2.05, 4.69) is 16.7 Å². The van der Waals surface area contributed by atoms with Crippen LogP contribution in [0.15, 0.2) is 42.5 Å². The van der Waals surface area contributed by atoms with Crippen LogP contribution < -0.4 is 10.6 Å². The fourth-order valence-corrected chi connectivity index (χ4v) is 2.34. The molecule has 0 fully saturated rings. The molecule has 23 heavy (non-hydrogen) atoms. The highest BCUT2D eigenvalue weighted by Crippen LogP contribution is 2.21. The molecule has 0 saturated carbocycles. The number of carbonyl (C=O) groups excluding carboxylic acids is 1. The number of nitrogens with zero attached hydrogens (tertiary/aromatic N) is 1. The lowest BCUT2D eigenvalue weighted by molar-refractivity contribution is -0.116. The minimum absolute atomic E-state index is 0.0158. The summed E-state index contributed by atoms with van der Waals surface area (Å²) in [7, 11) is 0. The molecule has 4 nitrogen and oxygen atoms in total. The molecule has 2 aromatic rings. The number of carbonyl (C=O) groups is 1. The average molecular weight is 328 g/mol. The van der Waals surface area contributed by atoms with Crippen molar-refractivity contribution in [2.45, 2.75) is 26.3 Å². The first-order valence-electron chi connectivity index (χ1n) is 7.44. The van der Waals surface area contributed by atoms with Gasteiger partial charge in [-0.25, -0.2) is 0 Å². The summed E-state index contributed by atoms with van der Waals surface area (Å²) < 4.78 is 0. The predicted molar refractivity (Wildman–Crippen MR) is 93.5 cm³/mol. The number of amides is 1. The van der Waals surface area contributed by atoms with Gasteiger partial charge in [-0.2, -0.15) is 5.26 Å². The topological polar surface area (TPSA) is 64.9 Å². The third kappa shape index (κ3) is 5.01. The van der Waals surface area contributed by atoms with E-state index < -0.39 is 0 Å². The monoisotopic (exact) mass is 327 g/mol. The Kier molecular flexibility index (Phi) is 6.02. The Balaban J connectivity index is 2.04. The number of anilines is 2. The maximum absolute atomic E-state index is 11.6. The normalized spacial score (nSPS) is 9.96. The first-order valence-corrected chi connectivity index (χ1v) is 7.82. The number of benzene rings is 2. The quantitative estimate of drug-likeness (QED) is 0.817. The second-order valence-electron chi connectivity index (χ2n) is 5.15. The molecule has 0 heterocycles. The van der Waals surface area contributed by atoms with Gasteiger partial charge in [0.25, 0.3) is 0 Å². The highest BCUT2D eigenvalue weighted by Gasteiger charge is 2.04. The maximum atomic E-state index is 11.6. The SMILES string of the molecule is CCCC(=O)Nc1cccc(CNc2ccc(Cl)cc2C#N)c1. The van der Waals surface area contributed by atoms with Crippen LogP contribution in [0.25, 0.3) is 0 Å². The van der Waals surface area contributed by atoms with Crippen molar-refractivity contribution in [3.63, 3.8) is 0 Å². The van der Waals surface area contributed by atoms with Gasteiger partial charge in [0.2, 0.25) is 5.91 Å². The molecule has 0 spiro atoms. The Morgan fingerprint density at radius 3 is 2.83 bits per heavy atom. The van der Waals surface area contributed by atoms with Gasteiger partial charge in [0, 0.05) is 23.7 Å². The van der Waals surface area contributed by atoms with Crippen LogP contribution in [0.5, 0.6) is 0 Å². The molecule has 0 atom stereocenters. The summed E-state index contributed by atoms with van der Waals surface area (Å²) in [4.78, 5) is 11.6. The van der Waals surface area contributed by atoms with Crippen molar-refractivity contribution < 1.29 is 4.79 Å². The minimum atomic E-state index is 0.0158. The summed E-state index contributed by atoms with van der Waals surface area (Å²) in [6.07, 6.45) is 1.33. The van der Waals surface area contributed by atoms with Crippen molar-refractivity contribution in [3.8, 4) is 6.07 Å². The van der Waals surface area contributed by atoms with Gasteiger partial charge in [-0.15, -0.1) is 0 Å². The van der Waals surface area contributed by atoms with Crippen molar-refractivity contribution in [1.29, 1.82) is 5.26 Å². The lowest BCUT2D eigenvalue weighted by Gasteiger charge is -2.10. The zero-order valence-corrected chi connectivity index (χ0v) is 13.7. The zero-order valence-electron chi connectivity index (χ0n) is 12.9. The Morgan fingerprint density at radius 2 is 2.09 bits per heavy atom. The molecule has 0 unspecified atom stereocenters. The lowest BCUT2D eigenvalue weighted by Crippen LogP contribution is -2.11. The van der Waals surface area contributed by atoms with Gasteiger partial charge in [0.15, 0.2) is 0 Å². The molecular formula is C18H18ClN3O. The van der Waals surface area contributed by atoms with E-state index in [4.69, 9.17) is 16.9 Å². The molecule has 0 bridgehead atoms. The average Bonchev–Trinajstić information content (AvgIpc) is 2.54. The minimum Gasteiger partial charge on any atom is -0.380 e. The van der Waals surface area contributed by atoms with Crippen molar-refractivity contribution in [1.82, 2.24) is 0 Å². The van der Waals surface area contributed by atoms with Crippen LogP contribution in [0.2, 0.25) is 5.02 Å². The van der Waals surface area contributed by atoms with Gasteiger partial charge in [0.05, 0.1) is 11.3 Å². The molecule has 0 saturated heterocycles. The summed E-state index contributed by atoms with van der Waals surface area (Å²) >= 11 is 5.89. The molecule has 0 aliphatic rings. The Labute approximate surface area is 141 Å². The van der Waals surface area contributed by atoms with Crippen molar-refractivity contribution in [3.05, 3.63) is 58.6 Å². The van der Waals surface area contributed by atoms with Crippen molar-refractivity contribution in [2.75, 3.05) is 10.6 Å². The zero-order chi connectivity index (χ0) is 16.7. The molecule has 2 N–H and O–H groups in total. The van der Waals surface area contributed by atoms with E-state index in [1.165, 1.54) is 0 Å². The third-order valence-electron chi connectivity index (χ3n) is 3.27. The number of hydrogen-bond donors (Lipinski definition) is 2. The van der Waals surface area contributed by atoms with Crippen LogP contribution >= 0.6 is 11.6 Å². The number of nitrogens with one attached hydrogen (secondary N) is 2. The van der Waals surface area contributed by atoms with E-state index in [-0.39, 0.29) is 5.91 Å². The molecule has 118 valence electrons. The molecule has 0 aliphatic heterocycles. The number of rotatable bonds is 6. The van der Waals surface area contributed by atoms with Gasteiger partial charge >= 0.3 is 0 Å². The summed E-state index contributed by atoms with van der Waals surface area (Å²) in [6, 6.07) is 14.9. The lowest BCUT2D eigenvalue weighted by atomic mass is 10.1. The predicted octanol–water partition coefficient (Wildman–Crippen LogP) is 4.56. The van der Waals surface area contributed by atoms with Gasteiger partial charge < -0.3 is 10.6 Å². The third-order valence-corrected chi connectivity index (χ3v) is 3.51. The molecule has 2 rings (SSSR count). The van der Waals surface area contributed by atoms with Crippen LogP contribution in [0.3, 0.4) is 0 Å². The van der Waals surface area contributed by atoms with E-state index >= 15 is 0 Å². The second-order valence-corrected chi connectivity index (χ2v) is 5.59. The van der Waals surface area contributed by atoms with Crippen molar-refractivity contribution >= 4 is 28.9 Å². The van der Waals surface area contributed by atoms with E-state index in [0.717, 1.165) is 23.4 Å². The molecule has 0 radical (unpaired) electrons. The molecule has 0 aromatic heterocycles. The highest BCUT2D eigenvalue weighted by atomic mass is 35.5.